The van der Waals surface area contributed by atoms with Gasteiger partial charge < -0.3 is 5.32 Å². The van der Waals surface area contributed by atoms with Gasteiger partial charge in [0.2, 0.25) is 0 Å². The lowest BCUT2D eigenvalue weighted by Crippen LogP contribution is -2.03. The van der Waals surface area contributed by atoms with Crippen LogP contribution in [-0.4, -0.2) is 10.2 Å². The third-order valence-electron chi connectivity index (χ3n) is 2.56. The molecule has 1 aromatic heterocycles. The van der Waals surface area contributed by atoms with Crippen molar-refractivity contribution in [3.05, 3.63) is 45.6 Å². The number of aromatic nitrogens is 1. The summed E-state index contributed by atoms with van der Waals surface area (Å²) in [6, 6.07) is 8.07. The second-order valence-electron chi connectivity index (χ2n) is 4.01. The summed E-state index contributed by atoms with van der Waals surface area (Å²) >= 11 is 4.77. The average Bonchev–Trinajstić information content (AvgIpc) is 2.68. The number of nitrogens with zero attached hydrogens (tertiary/aromatic N) is 1. The van der Waals surface area contributed by atoms with Gasteiger partial charge in [-0.2, -0.15) is 4.37 Å². The summed E-state index contributed by atoms with van der Waals surface area (Å²) in [5.74, 6) is 0.0537. The fourth-order valence-electron chi connectivity index (χ4n) is 1.73. The Morgan fingerprint density at radius 1 is 1.50 bits per heavy atom. The molecule has 0 aliphatic carbocycles. The molecule has 18 heavy (non-hydrogen) atoms. The number of carbonyl (C=O) groups excluding carboxylic acids is 1. The first-order valence-electron chi connectivity index (χ1n) is 5.53. The second-order valence-corrected chi connectivity index (χ2v) is 5.70. The minimum absolute atomic E-state index is 0.0537. The fourth-order valence-corrected chi connectivity index (χ4v) is 3.02. The van der Waals surface area contributed by atoms with Crippen molar-refractivity contribution < 1.29 is 4.79 Å². The third kappa shape index (κ3) is 2.97. The molecule has 0 aliphatic heterocycles. The summed E-state index contributed by atoms with van der Waals surface area (Å²) in [5, 5.41) is 4.12. The lowest BCUT2D eigenvalue weighted by molar-refractivity contribution is 0.101. The second kappa shape index (κ2) is 5.63. The van der Waals surface area contributed by atoms with E-state index in [0.717, 1.165) is 20.7 Å². The maximum absolute atomic E-state index is 11.5. The van der Waals surface area contributed by atoms with Crippen LogP contribution in [0.15, 0.2) is 28.7 Å². The Labute approximate surface area is 119 Å². The normalized spacial score (nSPS) is 10.4. The van der Waals surface area contributed by atoms with Gasteiger partial charge in [-0.25, -0.2) is 0 Å². The number of hydrogen-bond acceptors (Lipinski definition) is 4. The number of anilines is 1. The molecule has 0 spiro atoms. The van der Waals surface area contributed by atoms with Gasteiger partial charge in [0.1, 0.15) is 5.00 Å². The minimum Gasteiger partial charge on any atom is -0.371 e. The highest BCUT2D eigenvalue weighted by Gasteiger charge is 2.14. The molecule has 0 radical (unpaired) electrons. The Kier molecular flexibility index (Phi) is 4.14. The Balaban J connectivity index is 2.13. The highest BCUT2D eigenvalue weighted by Crippen LogP contribution is 2.25. The monoisotopic (exact) mass is 324 g/mol. The smallest absolute Gasteiger partial charge is 0.164 e. The highest BCUT2D eigenvalue weighted by atomic mass is 79.9. The standard InChI is InChI=1S/C13H13BrN2OS/c1-8-12(9(2)17)13(18-16-8)15-7-10-4-3-5-11(14)6-10/h3-6,15H,7H2,1-2H3. The zero-order valence-corrected chi connectivity index (χ0v) is 12.6. The Bertz CT molecular complexity index is 580. The Hall–Kier alpha value is -1.20. The van der Waals surface area contributed by atoms with E-state index in [1.165, 1.54) is 11.5 Å². The molecule has 0 saturated carbocycles. The SMILES string of the molecule is CC(=O)c1c(C)nsc1NCc1cccc(Br)c1. The number of benzene rings is 1. The quantitative estimate of drug-likeness (QED) is 0.863. The number of aryl methyl sites for hydroxylation is 1. The molecule has 1 N–H and O–H groups in total. The maximum atomic E-state index is 11.5. The number of rotatable bonds is 4. The Morgan fingerprint density at radius 2 is 2.28 bits per heavy atom. The summed E-state index contributed by atoms with van der Waals surface area (Å²) in [5.41, 5.74) is 2.66. The van der Waals surface area contributed by atoms with E-state index in [1.807, 2.05) is 31.2 Å². The van der Waals surface area contributed by atoms with Crippen LogP contribution < -0.4 is 5.32 Å². The minimum atomic E-state index is 0.0537. The molecule has 1 aromatic carbocycles. The van der Waals surface area contributed by atoms with Crippen molar-refractivity contribution in [1.29, 1.82) is 0 Å². The number of nitrogens with one attached hydrogen (secondary N) is 1. The lowest BCUT2D eigenvalue weighted by atomic mass is 10.2. The van der Waals surface area contributed by atoms with Crippen LogP contribution in [0.25, 0.3) is 0 Å². The van der Waals surface area contributed by atoms with E-state index in [9.17, 15) is 4.79 Å². The fraction of sp³-hybridized carbons (Fsp3) is 0.231. The van der Waals surface area contributed by atoms with Gasteiger partial charge in [-0.05, 0) is 43.1 Å². The summed E-state index contributed by atoms with van der Waals surface area (Å²) in [4.78, 5) is 11.5. The van der Waals surface area contributed by atoms with E-state index in [1.54, 1.807) is 6.92 Å². The third-order valence-corrected chi connectivity index (χ3v) is 3.95. The number of Topliss-reactive ketones (excluding diaryl/α,β-unsaturated/α-hetero) is 1. The van der Waals surface area contributed by atoms with E-state index < -0.39 is 0 Å². The van der Waals surface area contributed by atoms with E-state index in [-0.39, 0.29) is 5.78 Å². The van der Waals surface area contributed by atoms with E-state index in [4.69, 9.17) is 0 Å². The first kappa shape index (κ1) is 13.2. The molecule has 0 fully saturated rings. The molecule has 0 saturated heterocycles. The molecule has 0 aliphatic rings. The van der Waals surface area contributed by atoms with Crippen LogP contribution in [-0.2, 0) is 6.54 Å². The van der Waals surface area contributed by atoms with Gasteiger partial charge in [0, 0.05) is 11.0 Å². The molecular formula is C13H13BrN2OS. The molecular weight excluding hydrogens is 312 g/mol. The van der Waals surface area contributed by atoms with Gasteiger partial charge >= 0.3 is 0 Å². The van der Waals surface area contributed by atoms with Crippen molar-refractivity contribution in [3.8, 4) is 0 Å². The maximum Gasteiger partial charge on any atom is 0.164 e. The number of halogens is 1. The van der Waals surface area contributed by atoms with Crippen molar-refractivity contribution >= 4 is 38.2 Å². The van der Waals surface area contributed by atoms with Crippen molar-refractivity contribution in [2.75, 3.05) is 5.32 Å². The first-order chi connectivity index (χ1) is 8.58. The topological polar surface area (TPSA) is 42.0 Å². The summed E-state index contributed by atoms with van der Waals surface area (Å²) in [6.45, 7) is 4.11. The molecule has 0 bridgehead atoms. The van der Waals surface area contributed by atoms with Crippen LogP contribution in [0.4, 0.5) is 5.00 Å². The predicted molar refractivity (Wildman–Crippen MR) is 78.3 cm³/mol. The summed E-state index contributed by atoms with van der Waals surface area (Å²) < 4.78 is 5.27. The first-order valence-corrected chi connectivity index (χ1v) is 7.10. The van der Waals surface area contributed by atoms with Gasteiger partial charge in [-0.3, -0.25) is 4.79 Å². The molecule has 5 heteroatoms. The summed E-state index contributed by atoms with van der Waals surface area (Å²) in [6.07, 6.45) is 0. The van der Waals surface area contributed by atoms with Crippen LogP contribution in [0.1, 0.15) is 28.5 Å². The number of hydrogen-bond donors (Lipinski definition) is 1. The van der Waals surface area contributed by atoms with Gasteiger partial charge in [-0.15, -0.1) is 0 Å². The van der Waals surface area contributed by atoms with Crippen LogP contribution in [0.5, 0.6) is 0 Å². The van der Waals surface area contributed by atoms with Gasteiger partial charge in [0.05, 0.1) is 11.3 Å². The molecule has 0 atom stereocenters. The molecule has 2 rings (SSSR count). The molecule has 0 unspecified atom stereocenters. The highest BCUT2D eigenvalue weighted by molar-refractivity contribution is 9.10. The van der Waals surface area contributed by atoms with Gasteiger partial charge in [-0.1, -0.05) is 28.1 Å². The zero-order chi connectivity index (χ0) is 13.1. The van der Waals surface area contributed by atoms with Crippen LogP contribution in [0.3, 0.4) is 0 Å². The molecule has 94 valence electrons. The van der Waals surface area contributed by atoms with Crippen LogP contribution in [0.2, 0.25) is 0 Å². The molecule has 2 aromatic rings. The van der Waals surface area contributed by atoms with Crippen molar-refractivity contribution in [3.63, 3.8) is 0 Å². The van der Waals surface area contributed by atoms with E-state index in [2.05, 4.69) is 25.6 Å². The van der Waals surface area contributed by atoms with Crippen LogP contribution >= 0.6 is 27.5 Å². The summed E-state index contributed by atoms with van der Waals surface area (Å²) in [7, 11) is 0. The van der Waals surface area contributed by atoms with E-state index in [0.29, 0.717) is 12.1 Å². The molecule has 3 nitrogen and oxygen atoms in total. The average molecular weight is 325 g/mol. The molecule has 0 amide bonds. The van der Waals surface area contributed by atoms with E-state index >= 15 is 0 Å². The predicted octanol–water partition coefficient (Wildman–Crippen LogP) is 4.03. The number of ketones is 1. The zero-order valence-electron chi connectivity index (χ0n) is 10.2. The Morgan fingerprint density at radius 3 is 2.94 bits per heavy atom. The molecule has 1 heterocycles. The van der Waals surface area contributed by atoms with Crippen molar-refractivity contribution in [2.24, 2.45) is 0 Å². The van der Waals surface area contributed by atoms with Crippen molar-refractivity contribution in [1.82, 2.24) is 4.37 Å². The van der Waals surface area contributed by atoms with Gasteiger partial charge in [0.25, 0.3) is 0 Å². The van der Waals surface area contributed by atoms with Crippen LogP contribution in [0, 0.1) is 6.92 Å². The van der Waals surface area contributed by atoms with Crippen molar-refractivity contribution in [2.45, 2.75) is 20.4 Å². The van der Waals surface area contributed by atoms with Gasteiger partial charge in [0.15, 0.2) is 5.78 Å². The lowest BCUT2D eigenvalue weighted by Gasteiger charge is -2.06. The number of carbonyl (C=O) groups is 1. The largest absolute Gasteiger partial charge is 0.371 e.